The van der Waals surface area contributed by atoms with E-state index in [0.717, 1.165) is 25.8 Å². The molecule has 1 heterocycles. The summed E-state index contributed by atoms with van der Waals surface area (Å²) in [5, 5.41) is 14.4. The minimum absolute atomic E-state index is 0.00282. The molecule has 3 N–H and O–H groups in total. The Hall–Kier alpha value is -1.14. The molecule has 1 unspecified atom stereocenters. The molecule has 1 rings (SSSR count). The standard InChI is InChI=1S/C10H18N2O4/c1-16-8(10(14)15)6-12-9(13)7-4-2-3-5-11-7/h7-8,11H,2-6H2,1H3,(H,12,13)(H,14,15)/t7-,8?/m0/s1. The number of rotatable bonds is 5. The summed E-state index contributed by atoms with van der Waals surface area (Å²) in [5.74, 6) is -1.22. The predicted octanol–water partition coefficient (Wildman–Crippen LogP) is -0.656. The van der Waals surface area contributed by atoms with Crippen LogP contribution in [0.25, 0.3) is 0 Å². The fourth-order valence-corrected chi connectivity index (χ4v) is 1.66. The molecule has 1 aliphatic rings. The first-order valence-electron chi connectivity index (χ1n) is 5.42. The quantitative estimate of drug-likeness (QED) is 0.584. The number of aliphatic carboxylic acids is 1. The molecule has 0 bridgehead atoms. The molecule has 0 saturated carbocycles. The van der Waals surface area contributed by atoms with E-state index in [1.807, 2.05) is 0 Å². The Balaban J connectivity index is 2.30. The van der Waals surface area contributed by atoms with Gasteiger partial charge in [0.1, 0.15) is 0 Å². The molecule has 6 heteroatoms. The first-order valence-corrected chi connectivity index (χ1v) is 5.42. The number of carbonyl (C=O) groups is 2. The van der Waals surface area contributed by atoms with Crippen LogP contribution in [-0.4, -0.2) is 49.3 Å². The minimum atomic E-state index is -1.07. The molecule has 16 heavy (non-hydrogen) atoms. The maximum atomic E-state index is 11.6. The van der Waals surface area contributed by atoms with E-state index in [9.17, 15) is 9.59 Å². The highest BCUT2D eigenvalue weighted by atomic mass is 16.5. The van der Waals surface area contributed by atoms with Crippen LogP contribution in [0.3, 0.4) is 0 Å². The number of carboxylic acid groups (broad SMARTS) is 1. The normalized spacial score (nSPS) is 22.4. The maximum absolute atomic E-state index is 11.6. The smallest absolute Gasteiger partial charge is 0.334 e. The van der Waals surface area contributed by atoms with Crippen molar-refractivity contribution < 1.29 is 19.4 Å². The summed E-state index contributed by atoms with van der Waals surface area (Å²) in [6.45, 7) is 0.841. The van der Waals surface area contributed by atoms with Gasteiger partial charge in [-0.25, -0.2) is 4.79 Å². The lowest BCUT2D eigenvalue weighted by atomic mass is 10.0. The van der Waals surface area contributed by atoms with Gasteiger partial charge in [-0.2, -0.15) is 0 Å². The van der Waals surface area contributed by atoms with Crippen molar-refractivity contribution in [2.24, 2.45) is 0 Å². The van der Waals surface area contributed by atoms with Crippen LogP contribution in [0.2, 0.25) is 0 Å². The van der Waals surface area contributed by atoms with Crippen LogP contribution in [0, 0.1) is 0 Å². The largest absolute Gasteiger partial charge is 0.479 e. The number of carbonyl (C=O) groups excluding carboxylic acids is 1. The lowest BCUT2D eigenvalue weighted by Gasteiger charge is -2.23. The van der Waals surface area contributed by atoms with Crippen LogP contribution in [0.4, 0.5) is 0 Å². The van der Waals surface area contributed by atoms with Crippen LogP contribution in [-0.2, 0) is 14.3 Å². The van der Waals surface area contributed by atoms with Gasteiger partial charge in [0.2, 0.25) is 5.91 Å². The molecule has 0 aromatic rings. The molecular weight excluding hydrogens is 212 g/mol. The Kier molecular flexibility index (Phi) is 5.21. The molecule has 1 saturated heterocycles. The van der Waals surface area contributed by atoms with Gasteiger partial charge in [-0.3, -0.25) is 4.79 Å². The van der Waals surface area contributed by atoms with E-state index in [2.05, 4.69) is 10.6 Å². The summed E-state index contributed by atoms with van der Waals surface area (Å²) in [4.78, 5) is 22.2. The van der Waals surface area contributed by atoms with E-state index in [-0.39, 0.29) is 18.5 Å². The first kappa shape index (κ1) is 12.9. The molecule has 92 valence electrons. The zero-order valence-corrected chi connectivity index (χ0v) is 9.36. The highest BCUT2D eigenvalue weighted by molar-refractivity contribution is 5.82. The van der Waals surface area contributed by atoms with Crippen LogP contribution < -0.4 is 10.6 Å². The lowest BCUT2D eigenvalue weighted by molar-refractivity contribution is -0.148. The van der Waals surface area contributed by atoms with Gasteiger partial charge in [-0.1, -0.05) is 6.42 Å². The van der Waals surface area contributed by atoms with Gasteiger partial charge in [0.25, 0.3) is 0 Å². The van der Waals surface area contributed by atoms with Crippen LogP contribution in [0.15, 0.2) is 0 Å². The topological polar surface area (TPSA) is 87.7 Å². The number of hydrogen-bond acceptors (Lipinski definition) is 4. The third kappa shape index (κ3) is 3.79. The Morgan fingerprint density at radius 1 is 1.56 bits per heavy atom. The molecular formula is C10H18N2O4. The van der Waals surface area contributed by atoms with Crippen LogP contribution in [0.1, 0.15) is 19.3 Å². The molecule has 1 fully saturated rings. The van der Waals surface area contributed by atoms with Gasteiger partial charge in [0, 0.05) is 7.11 Å². The molecule has 6 nitrogen and oxygen atoms in total. The number of carboxylic acids is 1. The van der Waals surface area contributed by atoms with E-state index in [4.69, 9.17) is 9.84 Å². The summed E-state index contributed by atoms with van der Waals surface area (Å²) in [6, 6.07) is -0.194. The van der Waals surface area contributed by atoms with E-state index in [1.165, 1.54) is 7.11 Å². The van der Waals surface area contributed by atoms with Crippen molar-refractivity contribution in [3.8, 4) is 0 Å². The predicted molar refractivity (Wildman–Crippen MR) is 57.1 cm³/mol. The fourth-order valence-electron chi connectivity index (χ4n) is 1.66. The van der Waals surface area contributed by atoms with E-state index in [0.29, 0.717) is 0 Å². The van der Waals surface area contributed by atoms with Gasteiger partial charge in [0.05, 0.1) is 12.6 Å². The molecule has 1 aliphatic heterocycles. The molecule has 0 radical (unpaired) electrons. The number of nitrogens with one attached hydrogen (secondary N) is 2. The molecule has 0 spiro atoms. The minimum Gasteiger partial charge on any atom is -0.479 e. The van der Waals surface area contributed by atoms with Crippen molar-refractivity contribution in [3.63, 3.8) is 0 Å². The number of piperidine rings is 1. The van der Waals surface area contributed by atoms with E-state index < -0.39 is 12.1 Å². The van der Waals surface area contributed by atoms with Gasteiger partial charge in [-0.05, 0) is 19.4 Å². The third-order valence-corrected chi connectivity index (χ3v) is 2.65. The number of hydrogen-bond donors (Lipinski definition) is 3. The zero-order valence-electron chi connectivity index (χ0n) is 9.36. The van der Waals surface area contributed by atoms with Crippen molar-refractivity contribution in [1.29, 1.82) is 0 Å². The Bertz CT molecular complexity index is 251. The van der Waals surface area contributed by atoms with Gasteiger partial charge in [-0.15, -0.1) is 0 Å². The number of ether oxygens (including phenoxy) is 1. The SMILES string of the molecule is COC(CNC(=O)[C@@H]1CCCCN1)C(=O)O. The molecule has 0 aromatic heterocycles. The summed E-state index contributed by atoms with van der Waals surface area (Å²) >= 11 is 0. The molecule has 2 atom stereocenters. The summed E-state index contributed by atoms with van der Waals surface area (Å²) in [6.07, 6.45) is 1.93. The second kappa shape index (κ2) is 6.44. The average molecular weight is 230 g/mol. The maximum Gasteiger partial charge on any atom is 0.334 e. The van der Waals surface area contributed by atoms with Crippen molar-refractivity contribution in [2.75, 3.05) is 20.2 Å². The van der Waals surface area contributed by atoms with Crippen LogP contribution >= 0.6 is 0 Å². The Labute approximate surface area is 94.3 Å². The van der Waals surface area contributed by atoms with Gasteiger partial charge < -0.3 is 20.5 Å². The second-order valence-corrected chi connectivity index (χ2v) is 3.81. The molecule has 1 amide bonds. The third-order valence-electron chi connectivity index (χ3n) is 2.65. The van der Waals surface area contributed by atoms with Gasteiger partial charge >= 0.3 is 5.97 Å². The Morgan fingerprint density at radius 3 is 2.81 bits per heavy atom. The van der Waals surface area contributed by atoms with Crippen LogP contribution in [0.5, 0.6) is 0 Å². The molecule has 0 aliphatic carbocycles. The lowest BCUT2D eigenvalue weighted by Crippen LogP contribution is -2.49. The van der Waals surface area contributed by atoms with Crippen molar-refractivity contribution in [3.05, 3.63) is 0 Å². The second-order valence-electron chi connectivity index (χ2n) is 3.81. The van der Waals surface area contributed by atoms with E-state index in [1.54, 1.807) is 0 Å². The Morgan fingerprint density at radius 2 is 2.31 bits per heavy atom. The highest BCUT2D eigenvalue weighted by Crippen LogP contribution is 2.06. The zero-order chi connectivity index (χ0) is 12.0. The van der Waals surface area contributed by atoms with Gasteiger partial charge in [0.15, 0.2) is 6.10 Å². The summed E-state index contributed by atoms with van der Waals surface area (Å²) in [7, 11) is 1.31. The monoisotopic (exact) mass is 230 g/mol. The first-order chi connectivity index (χ1) is 7.65. The summed E-state index contributed by atoms with van der Waals surface area (Å²) < 4.78 is 4.71. The highest BCUT2D eigenvalue weighted by Gasteiger charge is 2.23. The molecule has 0 aromatic carbocycles. The van der Waals surface area contributed by atoms with Crippen molar-refractivity contribution in [1.82, 2.24) is 10.6 Å². The number of methoxy groups -OCH3 is 1. The van der Waals surface area contributed by atoms with E-state index >= 15 is 0 Å². The summed E-state index contributed by atoms with van der Waals surface area (Å²) in [5.41, 5.74) is 0. The van der Waals surface area contributed by atoms with Crippen molar-refractivity contribution in [2.45, 2.75) is 31.4 Å². The fraction of sp³-hybridized carbons (Fsp3) is 0.800. The van der Waals surface area contributed by atoms with Crippen molar-refractivity contribution >= 4 is 11.9 Å². The average Bonchev–Trinajstić information content (AvgIpc) is 2.30. The number of amides is 1.